The van der Waals surface area contributed by atoms with Crippen molar-refractivity contribution < 1.29 is 14.3 Å². The largest absolute Gasteiger partial charge is 0.493 e. The molecule has 2 aromatic carbocycles. The minimum Gasteiger partial charge on any atom is -0.493 e. The Morgan fingerprint density at radius 3 is 2.52 bits per heavy atom. The Labute approximate surface area is 147 Å². The number of amides is 2. The molecule has 25 heavy (non-hydrogen) atoms. The molecule has 3 rings (SSSR count). The van der Waals surface area contributed by atoms with Gasteiger partial charge in [0.2, 0.25) is 11.8 Å². The van der Waals surface area contributed by atoms with Gasteiger partial charge in [-0.1, -0.05) is 31.2 Å². The third-order valence-electron chi connectivity index (χ3n) is 4.27. The van der Waals surface area contributed by atoms with E-state index in [0.717, 1.165) is 17.7 Å². The fourth-order valence-electron chi connectivity index (χ4n) is 2.99. The molecule has 1 atom stereocenters. The summed E-state index contributed by atoms with van der Waals surface area (Å²) in [5.74, 6) is 0.937. The summed E-state index contributed by atoms with van der Waals surface area (Å²) in [4.78, 5) is 23.9. The summed E-state index contributed by atoms with van der Waals surface area (Å²) < 4.78 is 5.64. The molecular formula is C20H22N2O3. The van der Waals surface area contributed by atoms with E-state index in [9.17, 15) is 9.59 Å². The van der Waals surface area contributed by atoms with E-state index >= 15 is 0 Å². The van der Waals surface area contributed by atoms with Crippen molar-refractivity contribution in [3.05, 3.63) is 54.1 Å². The molecule has 0 aliphatic carbocycles. The molecule has 2 aromatic rings. The molecule has 0 unspecified atom stereocenters. The van der Waals surface area contributed by atoms with Crippen LogP contribution < -0.4 is 15.4 Å². The van der Waals surface area contributed by atoms with Crippen LogP contribution in [0.2, 0.25) is 0 Å². The van der Waals surface area contributed by atoms with E-state index in [1.165, 1.54) is 0 Å². The van der Waals surface area contributed by atoms with Gasteiger partial charge in [-0.2, -0.15) is 0 Å². The number of para-hydroxylation sites is 1. The maximum Gasteiger partial charge on any atom is 0.224 e. The van der Waals surface area contributed by atoms with Crippen LogP contribution in [-0.2, 0) is 9.59 Å². The number of carbonyl (C=O) groups is 2. The Kier molecular flexibility index (Phi) is 5.33. The van der Waals surface area contributed by atoms with Crippen molar-refractivity contribution in [3.63, 3.8) is 0 Å². The lowest BCUT2D eigenvalue weighted by Gasteiger charge is -2.25. The van der Waals surface area contributed by atoms with Gasteiger partial charge in [-0.3, -0.25) is 9.59 Å². The number of anilines is 2. The Morgan fingerprint density at radius 2 is 1.76 bits per heavy atom. The smallest absolute Gasteiger partial charge is 0.224 e. The normalized spacial score (nSPS) is 15.6. The van der Waals surface area contributed by atoms with E-state index in [4.69, 9.17) is 4.74 Å². The SMILES string of the molecule is CCC(=O)Nc1cccc(NC(=O)C[C@@H]2CCOc3ccccc32)c1. The third-order valence-corrected chi connectivity index (χ3v) is 4.27. The van der Waals surface area contributed by atoms with Crippen LogP contribution in [0.25, 0.3) is 0 Å². The van der Waals surface area contributed by atoms with Gasteiger partial charge < -0.3 is 15.4 Å². The lowest BCUT2D eigenvalue weighted by atomic mass is 9.90. The molecule has 0 spiro atoms. The minimum absolute atomic E-state index is 0.0410. The summed E-state index contributed by atoms with van der Waals surface area (Å²) in [7, 11) is 0. The van der Waals surface area contributed by atoms with Gasteiger partial charge in [0.15, 0.2) is 0 Å². The molecule has 5 heteroatoms. The first-order valence-corrected chi connectivity index (χ1v) is 8.57. The van der Waals surface area contributed by atoms with Gasteiger partial charge in [-0.25, -0.2) is 0 Å². The Hall–Kier alpha value is -2.82. The molecule has 0 fully saturated rings. The van der Waals surface area contributed by atoms with Crippen molar-refractivity contribution in [1.82, 2.24) is 0 Å². The highest BCUT2D eigenvalue weighted by molar-refractivity contribution is 5.94. The monoisotopic (exact) mass is 338 g/mol. The van der Waals surface area contributed by atoms with Crippen LogP contribution in [0, 0.1) is 0 Å². The second-order valence-electron chi connectivity index (χ2n) is 6.11. The zero-order valence-corrected chi connectivity index (χ0v) is 14.2. The first-order chi connectivity index (χ1) is 12.2. The van der Waals surface area contributed by atoms with Crippen LogP contribution in [0.15, 0.2) is 48.5 Å². The van der Waals surface area contributed by atoms with Gasteiger partial charge in [0, 0.05) is 24.2 Å². The maximum absolute atomic E-state index is 12.4. The summed E-state index contributed by atoms with van der Waals surface area (Å²) in [6, 6.07) is 15.1. The van der Waals surface area contributed by atoms with E-state index in [0.29, 0.717) is 30.8 Å². The Bertz CT molecular complexity index is 773. The summed E-state index contributed by atoms with van der Waals surface area (Å²) in [5.41, 5.74) is 2.45. The number of benzene rings is 2. The third kappa shape index (κ3) is 4.38. The molecule has 1 aliphatic rings. The highest BCUT2D eigenvalue weighted by atomic mass is 16.5. The van der Waals surface area contributed by atoms with Crippen molar-refractivity contribution in [2.75, 3.05) is 17.2 Å². The average molecular weight is 338 g/mol. The predicted molar refractivity (Wildman–Crippen MR) is 97.9 cm³/mol. The van der Waals surface area contributed by atoms with Gasteiger partial charge in [0.1, 0.15) is 5.75 Å². The molecule has 0 radical (unpaired) electrons. The van der Waals surface area contributed by atoms with Crippen molar-refractivity contribution in [2.24, 2.45) is 0 Å². The van der Waals surface area contributed by atoms with Gasteiger partial charge in [0.05, 0.1) is 6.61 Å². The molecular weight excluding hydrogens is 316 g/mol. The van der Waals surface area contributed by atoms with Gasteiger partial charge in [-0.15, -0.1) is 0 Å². The zero-order valence-electron chi connectivity index (χ0n) is 14.2. The highest BCUT2D eigenvalue weighted by Gasteiger charge is 2.23. The van der Waals surface area contributed by atoms with E-state index in [1.54, 1.807) is 19.1 Å². The maximum atomic E-state index is 12.4. The Balaban J connectivity index is 1.64. The first kappa shape index (κ1) is 17.0. The van der Waals surface area contributed by atoms with Crippen LogP contribution in [0.5, 0.6) is 5.75 Å². The second-order valence-corrected chi connectivity index (χ2v) is 6.11. The van der Waals surface area contributed by atoms with E-state index in [-0.39, 0.29) is 17.7 Å². The van der Waals surface area contributed by atoms with Gasteiger partial charge in [-0.05, 0) is 42.2 Å². The summed E-state index contributed by atoms with van der Waals surface area (Å²) >= 11 is 0. The molecule has 0 bridgehead atoms. The van der Waals surface area contributed by atoms with Gasteiger partial charge >= 0.3 is 0 Å². The minimum atomic E-state index is -0.0534. The Morgan fingerprint density at radius 1 is 1.04 bits per heavy atom. The number of nitrogens with one attached hydrogen (secondary N) is 2. The van der Waals surface area contributed by atoms with Gasteiger partial charge in [0.25, 0.3) is 0 Å². The fourth-order valence-corrected chi connectivity index (χ4v) is 2.99. The fraction of sp³-hybridized carbons (Fsp3) is 0.300. The predicted octanol–water partition coefficient (Wildman–Crippen LogP) is 3.93. The number of hydrogen-bond acceptors (Lipinski definition) is 3. The quantitative estimate of drug-likeness (QED) is 0.868. The summed E-state index contributed by atoms with van der Waals surface area (Å²) in [5, 5.41) is 5.71. The van der Waals surface area contributed by atoms with E-state index in [2.05, 4.69) is 10.6 Å². The molecule has 5 nitrogen and oxygen atoms in total. The van der Waals surface area contributed by atoms with E-state index in [1.807, 2.05) is 36.4 Å². The van der Waals surface area contributed by atoms with Crippen molar-refractivity contribution in [3.8, 4) is 5.75 Å². The second kappa shape index (κ2) is 7.83. The van der Waals surface area contributed by atoms with Crippen LogP contribution in [-0.4, -0.2) is 18.4 Å². The molecule has 0 saturated carbocycles. The number of rotatable bonds is 5. The number of ether oxygens (including phenoxy) is 1. The van der Waals surface area contributed by atoms with Crippen LogP contribution in [0.4, 0.5) is 11.4 Å². The topological polar surface area (TPSA) is 67.4 Å². The highest BCUT2D eigenvalue weighted by Crippen LogP contribution is 2.35. The molecule has 130 valence electrons. The first-order valence-electron chi connectivity index (χ1n) is 8.57. The molecule has 0 saturated heterocycles. The van der Waals surface area contributed by atoms with E-state index < -0.39 is 0 Å². The number of carbonyl (C=O) groups excluding carboxylic acids is 2. The summed E-state index contributed by atoms with van der Waals surface area (Å²) in [6.07, 6.45) is 1.66. The van der Waals surface area contributed by atoms with Crippen molar-refractivity contribution >= 4 is 23.2 Å². The van der Waals surface area contributed by atoms with Crippen molar-refractivity contribution in [2.45, 2.75) is 32.1 Å². The zero-order chi connectivity index (χ0) is 17.6. The standard InChI is InChI=1S/C20H22N2O3/c1-2-19(23)21-15-6-5-7-16(13-15)22-20(24)12-14-10-11-25-18-9-4-3-8-17(14)18/h3-9,13-14H,2,10-12H2,1H3,(H,21,23)(H,22,24)/t14-/m0/s1. The molecule has 2 N–H and O–H groups in total. The number of fused-ring (bicyclic) bond motifs is 1. The average Bonchev–Trinajstić information content (AvgIpc) is 2.62. The lowest BCUT2D eigenvalue weighted by Crippen LogP contribution is -2.20. The lowest BCUT2D eigenvalue weighted by molar-refractivity contribution is -0.117. The summed E-state index contributed by atoms with van der Waals surface area (Å²) in [6.45, 7) is 2.43. The number of hydrogen-bond donors (Lipinski definition) is 2. The van der Waals surface area contributed by atoms with Crippen LogP contribution >= 0.6 is 0 Å². The molecule has 0 aromatic heterocycles. The molecule has 1 aliphatic heterocycles. The molecule has 1 heterocycles. The van der Waals surface area contributed by atoms with Crippen molar-refractivity contribution in [1.29, 1.82) is 0 Å². The molecule has 2 amide bonds. The van der Waals surface area contributed by atoms with Crippen LogP contribution in [0.3, 0.4) is 0 Å². The van der Waals surface area contributed by atoms with Crippen LogP contribution in [0.1, 0.15) is 37.7 Å².